The smallest absolute Gasteiger partial charge is 0.274 e. The zero-order chi connectivity index (χ0) is 11.4. The minimum absolute atomic E-state index is 0.0483. The van der Waals surface area contributed by atoms with E-state index in [1.807, 2.05) is 6.92 Å². The number of carbonyl (C=O) groups is 1. The standard InChI is InChI=1S/C10H17N3O2/c1-4-8-5-9(12-11-8)10(15)13(3)7(2)6-14/h5,7,14H,4,6H2,1-3H3,(H,11,12). The Morgan fingerprint density at radius 3 is 2.87 bits per heavy atom. The minimum atomic E-state index is -0.195. The Morgan fingerprint density at radius 1 is 1.73 bits per heavy atom. The molecule has 0 bridgehead atoms. The van der Waals surface area contributed by atoms with Crippen LogP contribution in [0.4, 0.5) is 0 Å². The van der Waals surface area contributed by atoms with Crippen molar-refractivity contribution in [3.05, 3.63) is 17.5 Å². The molecule has 0 spiro atoms. The summed E-state index contributed by atoms with van der Waals surface area (Å²) >= 11 is 0. The number of H-pyrrole nitrogens is 1. The molecule has 0 aromatic carbocycles. The number of hydrogen-bond acceptors (Lipinski definition) is 3. The number of hydrogen-bond donors (Lipinski definition) is 2. The fourth-order valence-electron chi connectivity index (χ4n) is 1.16. The highest BCUT2D eigenvalue weighted by Gasteiger charge is 2.18. The topological polar surface area (TPSA) is 69.2 Å². The molecule has 1 rings (SSSR count). The van der Waals surface area contributed by atoms with Crippen LogP contribution in [0.2, 0.25) is 0 Å². The molecule has 2 N–H and O–H groups in total. The van der Waals surface area contributed by atoms with Crippen molar-refractivity contribution in [3.63, 3.8) is 0 Å². The van der Waals surface area contributed by atoms with Crippen molar-refractivity contribution in [1.82, 2.24) is 15.1 Å². The zero-order valence-electron chi connectivity index (χ0n) is 9.32. The monoisotopic (exact) mass is 211 g/mol. The molecule has 1 heterocycles. The van der Waals surface area contributed by atoms with Crippen LogP contribution in [0.15, 0.2) is 6.07 Å². The van der Waals surface area contributed by atoms with Crippen molar-refractivity contribution in [3.8, 4) is 0 Å². The number of aromatic amines is 1. The zero-order valence-corrected chi connectivity index (χ0v) is 9.32. The summed E-state index contributed by atoms with van der Waals surface area (Å²) in [6, 6.07) is 1.54. The summed E-state index contributed by atoms with van der Waals surface area (Å²) in [6.45, 7) is 3.72. The van der Waals surface area contributed by atoms with Gasteiger partial charge in [0, 0.05) is 12.7 Å². The van der Waals surface area contributed by atoms with Crippen LogP contribution in [0.5, 0.6) is 0 Å². The molecule has 0 aliphatic heterocycles. The first-order valence-corrected chi connectivity index (χ1v) is 5.02. The van der Waals surface area contributed by atoms with Gasteiger partial charge in [0.05, 0.1) is 12.6 Å². The van der Waals surface area contributed by atoms with Crippen molar-refractivity contribution in [2.75, 3.05) is 13.7 Å². The van der Waals surface area contributed by atoms with Gasteiger partial charge in [-0.15, -0.1) is 0 Å². The van der Waals surface area contributed by atoms with Crippen molar-refractivity contribution in [2.24, 2.45) is 0 Å². The summed E-state index contributed by atoms with van der Waals surface area (Å²) in [5, 5.41) is 15.6. The fourth-order valence-corrected chi connectivity index (χ4v) is 1.16. The molecule has 1 atom stereocenters. The lowest BCUT2D eigenvalue weighted by Crippen LogP contribution is -2.37. The molecule has 0 aliphatic rings. The second-order valence-electron chi connectivity index (χ2n) is 3.58. The molecule has 84 valence electrons. The largest absolute Gasteiger partial charge is 0.394 e. The summed E-state index contributed by atoms with van der Waals surface area (Å²) in [4.78, 5) is 13.3. The van der Waals surface area contributed by atoms with E-state index in [0.29, 0.717) is 5.69 Å². The van der Waals surface area contributed by atoms with Gasteiger partial charge in [-0.1, -0.05) is 6.92 Å². The maximum absolute atomic E-state index is 11.8. The van der Waals surface area contributed by atoms with Gasteiger partial charge in [0.2, 0.25) is 0 Å². The molecule has 1 aromatic heterocycles. The lowest BCUT2D eigenvalue weighted by Gasteiger charge is -2.21. The molecule has 5 nitrogen and oxygen atoms in total. The average Bonchev–Trinajstić information content (AvgIpc) is 2.74. The number of aryl methyl sites for hydroxylation is 1. The molecule has 1 unspecified atom stereocenters. The van der Waals surface area contributed by atoms with Crippen LogP contribution in [-0.2, 0) is 6.42 Å². The van der Waals surface area contributed by atoms with Crippen molar-refractivity contribution < 1.29 is 9.90 Å². The predicted molar refractivity (Wildman–Crippen MR) is 56.6 cm³/mol. The SMILES string of the molecule is CCc1cc(C(=O)N(C)C(C)CO)n[nH]1. The number of aromatic nitrogens is 2. The lowest BCUT2D eigenvalue weighted by molar-refractivity contribution is 0.0676. The number of aliphatic hydroxyl groups excluding tert-OH is 1. The van der Waals surface area contributed by atoms with Gasteiger partial charge in [0.15, 0.2) is 0 Å². The molecule has 1 aromatic rings. The quantitative estimate of drug-likeness (QED) is 0.758. The van der Waals surface area contributed by atoms with E-state index in [0.717, 1.165) is 12.1 Å². The number of rotatable bonds is 4. The molecule has 0 saturated carbocycles. The van der Waals surface area contributed by atoms with Crippen LogP contribution in [0.25, 0.3) is 0 Å². The summed E-state index contributed by atoms with van der Waals surface area (Å²) in [5.74, 6) is -0.174. The molecule has 0 saturated heterocycles. The Balaban J connectivity index is 2.75. The van der Waals surface area contributed by atoms with Crippen LogP contribution < -0.4 is 0 Å². The number of amides is 1. The second-order valence-corrected chi connectivity index (χ2v) is 3.58. The summed E-state index contributed by atoms with van der Waals surface area (Å²) < 4.78 is 0. The Bertz CT molecular complexity index is 335. The lowest BCUT2D eigenvalue weighted by atomic mass is 10.2. The molecule has 5 heteroatoms. The molecule has 15 heavy (non-hydrogen) atoms. The molecule has 0 aliphatic carbocycles. The average molecular weight is 211 g/mol. The summed E-state index contributed by atoms with van der Waals surface area (Å²) in [6.07, 6.45) is 0.819. The van der Waals surface area contributed by atoms with Crippen LogP contribution >= 0.6 is 0 Å². The highest BCUT2D eigenvalue weighted by atomic mass is 16.3. The van der Waals surface area contributed by atoms with Crippen LogP contribution in [0, 0.1) is 0 Å². The first kappa shape index (κ1) is 11.7. The molecular weight excluding hydrogens is 194 g/mol. The van der Waals surface area contributed by atoms with Crippen molar-refractivity contribution in [2.45, 2.75) is 26.3 Å². The van der Waals surface area contributed by atoms with E-state index >= 15 is 0 Å². The van der Waals surface area contributed by atoms with Gasteiger partial charge >= 0.3 is 0 Å². The number of aliphatic hydroxyl groups is 1. The Morgan fingerprint density at radius 2 is 2.40 bits per heavy atom. The second kappa shape index (κ2) is 4.93. The number of nitrogens with zero attached hydrogens (tertiary/aromatic N) is 2. The first-order valence-electron chi connectivity index (χ1n) is 5.02. The first-order chi connectivity index (χ1) is 7.10. The number of carbonyl (C=O) groups excluding carboxylic acids is 1. The normalized spacial score (nSPS) is 12.5. The van der Waals surface area contributed by atoms with Crippen LogP contribution in [-0.4, -0.2) is 45.8 Å². The minimum Gasteiger partial charge on any atom is -0.394 e. The van der Waals surface area contributed by atoms with E-state index in [1.54, 1.807) is 20.0 Å². The van der Waals surface area contributed by atoms with E-state index in [9.17, 15) is 4.79 Å². The van der Waals surface area contributed by atoms with E-state index in [2.05, 4.69) is 10.2 Å². The van der Waals surface area contributed by atoms with Gasteiger partial charge in [-0.25, -0.2) is 0 Å². The number of nitrogens with one attached hydrogen (secondary N) is 1. The third-order valence-corrected chi connectivity index (χ3v) is 2.48. The van der Waals surface area contributed by atoms with Crippen LogP contribution in [0.1, 0.15) is 30.0 Å². The molecule has 1 amide bonds. The summed E-state index contributed by atoms with van der Waals surface area (Å²) in [7, 11) is 1.66. The maximum Gasteiger partial charge on any atom is 0.274 e. The van der Waals surface area contributed by atoms with Gasteiger partial charge in [-0.2, -0.15) is 5.10 Å². The van der Waals surface area contributed by atoms with E-state index < -0.39 is 0 Å². The van der Waals surface area contributed by atoms with Gasteiger partial charge in [0.25, 0.3) is 5.91 Å². The van der Waals surface area contributed by atoms with E-state index in [1.165, 1.54) is 4.90 Å². The molecular formula is C10H17N3O2. The Labute approximate surface area is 89.1 Å². The predicted octanol–water partition coefficient (Wildman–Crippen LogP) is 0.425. The van der Waals surface area contributed by atoms with Gasteiger partial charge < -0.3 is 10.0 Å². The van der Waals surface area contributed by atoms with E-state index in [4.69, 9.17) is 5.11 Å². The highest BCUT2D eigenvalue weighted by molar-refractivity contribution is 5.92. The van der Waals surface area contributed by atoms with Gasteiger partial charge in [0.1, 0.15) is 5.69 Å². The molecule has 0 radical (unpaired) electrons. The Kier molecular flexibility index (Phi) is 3.85. The van der Waals surface area contributed by atoms with Crippen molar-refractivity contribution in [1.29, 1.82) is 0 Å². The third-order valence-electron chi connectivity index (χ3n) is 2.48. The number of likely N-dealkylation sites (N-methyl/N-ethyl adjacent to an activating group) is 1. The van der Waals surface area contributed by atoms with E-state index in [-0.39, 0.29) is 18.6 Å². The third kappa shape index (κ3) is 2.56. The van der Waals surface area contributed by atoms with Crippen LogP contribution in [0.3, 0.4) is 0 Å². The van der Waals surface area contributed by atoms with Gasteiger partial charge in [-0.3, -0.25) is 9.89 Å². The molecule has 0 fully saturated rings. The van der Waals surface area contributed by atoms with Crippen molar-refractivity contribution >= 4 is 5.91 Å². The Hall–Kier alpha value is -1.36. The maximum atomic E-state index is 11.8. The van der Waals surface area contributed by atoms with Gasteiger partial charge in [-0.05, 0) is 19.4 Å². The highest BCUT2D eigenvalue weighted by Crippen LogP contribution is 2.06. The summed E-state index contributed by atoms with van der Waals surface area (Å²) in [5.41, 5.74) is 1.33. The fraction of sp³-hybridized carbons (Fsp3) is 0.600.